The van der Waals surface area contributed by atoms with E-state index in [0.29, 0.717) is 29.2 Å². The summed E-state index contributed by atoms with van der Waals surface area (Å²) in [7, 11) is 0. The molecule has 9 heteroatoms. The Morgan fingerprint density at radius 3 is 2.67 bits per heavy atom. The number of nitrogens with zero attached hydrogens (tertiary/aromatic N) is 4. The molecule has 1 aromatic heterocycles. The number of hydrogen-bond donors (Lipinski definition) is 1. The van der Waals surface area contributed by atoms with Crippen LogP contribution in [0.2, 0.25) is 0 Å². The standard InChI is InChI=1S/C27H29N5O4/c1-19-25(26(31-24(29-19)13-14-28-31)21-11-8-12-22(17-21)32(34)35)27(33)36-23(20-9-4-2-5-10-20)18-30-15-6-3-7-16-30/h2,4-5,8-14,17,23,26,29H,3,6-7,15-16,18H2,1H3. The van der Waals surface area contributed by atoms with Gasteiger partial charge in [-0.05, 0) is 44.0 Å². The number of piperidine rings is 1. The van der Waals surface area contributed by atoms with Crippen LogP contribution in [0.15, 0.2) is 78.1 Å². The molecule has 0 radical (unpaired) electrons. The summed E-state index contributed by atoms with van der Waals surface area (Å²) >= 11 is 0. The third-order valence-electron chi connectivity index (χ3n) is 6.82. The molecule has 186 valence electrons. The van der Waals surface area contributed by atoms with Crippen LogP contribution in [-0.4, -0.2) is 45.2 Å². The lowest BCUT2D eigenvalue weighted by molar-refractivity contribution is -0.384. The van der Waals surface area contributed by atoms with Crippen LogP contribution < -0.4 is 5.32 Å². The minimum Gasteiger partial charge on any atom is -0.453 e. The van der Waals surface area contributed by atoms with E-state index in [1.54, 1.807) is 29.1 Å². The molecule has 1 saturated heterocycles. The second-order valence-corrected chi connectivity index (χ2v) is 9.25. The molecule has 36 heavy (non-hydrogen) atoms. The summed E-state index contributed by atoms with van der Waals surface area (Å²) in [6, 6.07) is 17.3. The van der Waals surface area contributed by atoms with Crippen molar-refractivity contribution >= 4 is 17.5 Å². The van der Waals surface area contributed by atoms with Crippen molar-refractivity contribution in [2.75, 3.05) is 25.0 Å². The quantitative estimate of drug-likeness (QED) is 0.289. The van der Waals surface area contributed by atoms with Gasteiger partial charge in [0, 0.05) is 30.4 Å². The van der Waals surface area contributed by atoms with Crippen LogP contribution in [-0.2, 0) is 9.53 Å². The van der Waals surface area contributed by atoms with Gasteiger partial charge in [-0.2, -0.15) is 5.10 Å². The molecule has 2 unspecified atom stereocenters. The summed E-state index contributed by atoms with van der Waals surface area (Å²) in [5.41, 5.74) is 2.50. The van der Waals surface area contributed by atoms with Gasteiger partial charge in [-0.3, -0.25) is 15.0 Å². The number of nitro benzene ring substituents is 1. The Morgan fingerprint density at radius 2 is 1.92 bits per heavy atom. The predicted octanol–water partition coefficient (Wildman–Crippen LogP) is 4.85. The molecule has 0 bridgehead atoms. The van der Waals surface area contributed by atoms with E-state index >= 15 is 0 Å². The number of rotatable bonds is 7. The molecule has 3 heterocycles. The number of anilines is 1. The highest BCUT2D eigenvalue weighted by molar-refractivity contribution is 5.92. The fourth-order valence-electron chi connectivity index (χ4n) is 5.03. The lowest BCUT2D eigenvalue weighted by Gasteiger charge is -2.32. The fraction of sp³-hybridized carbons (Fsp3) is 0.333. The van der Waals surface area contributed by atoms with Crippen molar-refractivity contribution in [3.05, 3.63) is 99.4 Å². The zero-order chi connectivity index (χ0) is 25.1. The van der Waals surface area contributed by atoms with E-state index in [4.69, 9.17) is 4.74 Å². The Morgan fingerprint density at radius 1 is 1.14 bits per heavy atom. The lowest BCUT2D eigenvalue weighted by Crippen LogP contribution is -2.36. The van der Waals surface area contributed by atoms with Crippen molar-refractivity contribution in [3.8, 4) is 0 Å². The highest BCUT2D eigenvalue weighted by Crippen LogP contribution is 2.38. The van der Waals surface area contributed by atoms with Gasteiger partial charge in [-0.25, -0.2) is 9.48 Å². The SMILES string of the molecule is CC1=C(C(=O)OC(CN2CCCCC2)c2ccccc2)C(c2cccc([N+](=O)[O-])c2)n2nccc2N1. The van der Waals surface area contributed by atoms with Gasteiger partial charge in [0.05, 0.1) is 16.7 Å². The molecule has 9 nitrogen and oxygen atoms in total. The normalized spacial score (nSPS) is 18.8. The minimum absolute atomic E-state index is 0.0441. The molecule has 0 spiro atoms. The number of carbonyl (C=O) groups is 1. The molecule has 1 fully saturated rings. The molecule has 0 aliphatic carbocycles. The maximum absolute atomic E-state index is 13.9. The summed E-state index contributed by atoms with van der Waals surface area (Å²) in [4.78, 5) is 27.2. The Hall–Kier alpha value is -3.98. The Labute approximate surface area is 209 Å². The van der Waals surface area contributed by atoms with Crippen LogP contribution in [0.3, 0.4) is 0 Å². The number of carbonyl (C=O) groups excluding carboxylic acids is 1. The number of esters is 1. The fourth-order valence-corrected chi connectivity index (χ4v) is 5.03. The first-order valence-electron chi connectivity index (χ1n) is 12.2. The molecule has 2 aliphatic rings. The molecule has 1 N–H and O–H groups in total. The van der Waals surface area contributed by atoms with Crippen molar-refractivity contribution in [3.63, 3.8) is 0 Å². The van der Waals surface area contributed by atoms with Crippen LogP contribution in [0.4, 0.5) is 11.5 Å². The van der Waals surface area contributed by atoms with Crippen molar-refractivity contribution in [1.29, 1.82) is 0 Å². The number of hydrogen-bond acceptors (Lipinski definition) is 7. The van der Waals surface area contributed by atoms with Gasteiger partial charge in [-0.15, -0.1) is 0 Å². The Bertz CT molecular complexity index is 1280. The molecule has 0 saturated carbocycles. The smallest absolute Gasteiger partial charge is 0.338 e. The van der Waals surface area contributed by atoms with Crippen LogP contribution >= 0.6 is 0 Å². The van der Waals surface area contributed by atoms with Gasteiger partial charge < -0.3 is 10.1 Å². The molecule has 2 aliphatic heterocycles. The van der Waals surface area contributed by atoms with Crippen molar-refractivity contribution in [1.82, 2.24) is 14.7 Å². The Kier molecular flexibility index (Phi) is 6.81. The van der Waals surface area contributed by atoms with Crippen molar-refractivity contribution in [2.24, 2.45) is 0 Å². The molecular formula is C27H29N5O4. The van der Waals surface area contributed by atoms with E-state index in [9.17, 15) is 14.9 Å². The molecular weight excluding hydrogens is 458 g/mol. The maximum atomic E-state index is 13.9. The van der Waals surface area contributed by atoms with Crippen molar-refractivity contribution in [2.45, 2.75) is 38.3 Å². The zero-order valence-corrected chi connectivity index (χ0v) is 20.2. The number of nitro groups is 1. The van der Waals surface area contributed by atoms with Gasteiger partial charge in [0.25, 0.3) is 5.69 Å². The summed E-state index contributed by atoms with van der Waals surface area (Å²) in [5.74, 6) is 0.233. The first kappa shape index (κ1) is 23.7. The number of allylic oxidation sites excluding steroid dienone is 1. The minimum atomic E-state index is -0.657. The third kappa shape index (κ3) is 4.87. The largest absolute Gasteiger partial charge is 0.453 e. The van der Waals surface area contributed by atoms with Gasteiger partial charge in [0.1, 0.15) is 18.0 Å². The van der Waals surface area contributed by atoms with E-state index in [1.165, 1.54) is 18.6 Å². The number of non-ortho nitro benzene ring substituents is 1. The summed E-state index contributed by atoms with van der Waals surface area (Å²) in [6.45, 7) is 4.40. The zero-order valence-electron chi connectivity index (χ0n) is 20.2. The average molecular weight is 488 g/mol. The van der Waals surface area contributed by atoms with E-state index < -0.39 is 23.0 Å². The lowest BCUT2D eigenvalue weighted by atomic mass is 9.95. The number of ether oxygens (including phenoxy) is 1. The van der Waals surface area contributed by atoms with Crippen LogP contribution in [0.25, 0.3) is 0 Å². The van der Waals surface area contributed by atoms with Crippen LogP contribution in [0.5, 0.6) is 0 Å². The second kappa shape index (κ2) is 10.3. The number of benzene rings is 2. The summed E-state index contributed by atoms with van der Waals surface area (Å²) < 4.78 is 7.89. The van der Waals surface area contributed by atoms with Crippen LogP contribution in [0, 0.1) is 10.1 Å². The van der Waals surface area contributed by atoms with Gasteiger partial charge in [0.2, 0.25) is 0 Å². The molecule has 0 amide bonds. The Balaban J connectivity index is 1.49. The highest BCUT2D eigenvalue weighted by atomic mass is 16.6. The topological polar surface area (TPSA) is 103 Å². The monoisotopic (exact) mass is 487 g/mol. The van der Waals surface area contributed by atoms with E-state index in [0.717, 1.165) is 31.5 Å². The second-order valence-electron chi connectivity index (χ2n) is 9.25. The molecule has 2 aromatic carbocycles. The van der Waals surface area contributed by atoms with Crippen LogP contribution in [0.1, 0.15) is 49.5 Å². The number of fused-ring (bicyclic) bond motifs is 1. The molecule has 2 atom stereocenters. The van der Waals surface area contributed by atoms with Gasteiger partial charge in [-0.1, -0.05) is 48.9 Å². The van der Waals surface area contributed by atoms with Gasteiger partial charge in [0.15, 0.2) is 0 Å². The maximum Gasteiger partial charge on any atom is 0.338 e. The van der Waals surface area contributed by atoms with E-state index in [1.807, 2.05) is 37.3 Å². The molecule has 5 rings (SSSR count). The number of aromatic nitrogens is 2. The van der Waals surface area contributed by atoms with E-state index in [-0.39, 0.29) is 5.69 Å². The van der Waals surface area contributed by atoms with E-state index in [2.05, 4.69) is 15.3 Å². The number of nitrogens with one attached hydrogen (secondary N) is 1. The molecule has 3 aromatic rings. The average Bonchev–Trinajstić information content (AvgIpc) is 3.36. The first-order chi connectivity index (χ1) is 17.5. The summed E-state index contributed by atoms with van der Waals surface area (Å²) in [5, 5.41) is 19.1. The third-order valence-corrected chi connectivity index (χ3v) is 6.82. The van der Waals surface area contributed by atoms with Gasteiger partial charge >= 0.3 is 5.97 Å². The predicted molar refractivity (Wildman–Crippen MR) is 135 cm³/mol. The highest BCUT2D eigenvalue weighted by Gasteiger charge is 2.36. The first-order valence-corrected chi connectivity index (χ1v) is 12.2. The number of likely N-dealkylation sites (tertiary alicyclic amines) is 1. The van der Waals surface area contributed by atoms with Crippen molar-refractivity contribution < 1.29 is 14.5 Å². The summed E-state index contributed by atoms with van der Waals surface area (Å²) in [6.07, 6.45) is 4.70.